The molecule has 3 aromatic rings. The molecule has 2 heterocycles. The van der Waals surface area contributed by atoms with Crippen LogP contribution >= 0.6 is 0 Å². The Kier molecular flexibility index (Phi) is 5.33. The second-order valence-corrected chi connectivity index (χ2v) is 7.91. The number of rotatable bonds is 5. The molecule has 0 bridgehead atoms. The van der Waals surface area contributed by atoms with Gasteiger partial charge in [0.2, 0.25) is 0 Å². The first-order valence-corrected chi connectivity index (χ1v) is 10.1. The lowest BCUT2D eigenvalue weighted by molar-refractivity contribution is -0.931. The van der Waals surface area contributed by atoms with E-state index < -0.39 is 0 Å². The second kappa shape index (κ2) is 7.91. The number of benzene rings is 2. The normalized spacial score (nSPS) is 18.9. The van der Waals surface area contributed by atoms with Gasteiger partial charge in [-0.1, -0.05) is 0 Å². The van der Waals surface area contributed by atoms with Gasteiger partial charge in [-0.15, -0.1) is 0 Å². The van der Waals surface area contributed by atoms with Crippen LogP contribution in [0.15, 0.2) is 45.6 Å². The number of likely N-dealkylation sites (tertiary alicyclic amines) is 1. The summed E-state index contributed by atoms with van der Waals surface area (Å²) in [5, 5.41) is 1.03. The lowest BCUT2D eigenvalue weighted by Gasteiger charge is -2.24. The summed E-state index contributed by atoms with van der Waals surface area (Å²) in [4.78, 5) is 13.6. The molecule has 1 N–H and O–H groups in total. The van der Waals surface area contributed by atoms with Crippen LogP contribution in [0.4, 0.5) is 0 Å². The van der Waals surface area contributed by atoms with Crippen LogP contribution in [0.2, 0.25) is 0 Å². The molecule has 152 valence electrons. The average Bonchev–Trinajstić information content (AvgIpc) is 3.16. The number of quaternary nitrogens is 1. The van der Waals surface area contributed by atoms with Crippen molar-refractivity contribution in [2.75, 3.05) is 20.8 Å². The minimum atomic E-state index is -0.284. The monoisotopic (exact) mass is 394 g/mol. The SMILES string of the molecule is COc1ccc([C@@H]2CCC[NH+]2Cc2cc(=O)oc3cc(C)c(C)cc23)c(OC)c1. The minimum absolute atomic E-state index is 0.284. The lowest BCUT2D eigenvalue weighted by atomic mass is 10.0. The molecule has 1 aromatic heterocycles. The highest BCUT2D eigenvalue weighted by molar-refractivity contribution is 5.81. The van der Waals surface area contributed by atoms with Crippen molar-refractivity contribution in [2.24, 2.45) is 0 Å². The van der Waals surface area contributed by atoms with Gasteiger partial charge in [-0.3, -0.25) is 0 Å². The highest BCUT2D eigenvalue weighted by Gasteiger charge is 2.33. The van der Waals surface area contributed by atoms with E-state index in [-0.39, 0.29) is 5.63 Å². The Balaban J connectivity index is 1.71. The van der Waals surface area contributed by atoms with Gasteiger partial charge < -0.3 is 18.8 Å². The summed E-state index contributed by atoms with van der Waals surface area (Å²) < 4.78 is 16.5. The minimum Gasteiger partial charge on any atom is -0.497 e. The maximum Gasteiger partial charge on any atom is 0.336 e. The Morgan fingerprint density at radius 1 is 1.07 bits per heavy atom. The molecule has 1 saturated heterocycles. The zero-order valence-electron chi connectivity index (χ0n) is 17.5. The highest BCUT2D eigenvalue weighted by Crippen LogP contribution is 2.32. The Morgan fingerprint density at radius 3 is 2.62 bits per heavy atom. The largest absolute Gasteiger partial charge is 0.497 e. The Morgan fingerprint density at radius 2 is 1.86 bits per heavy atom. The molecule has 0 spiro atoms. The van der Waals surface area contributed by atoms with E-state index in [1.54, 1.807) is 20.3 Å². The molecule has 0 aliphatic carbocycles. The molecule has 2 atom stereocenters. The van der Waals surface area contributed by atoms with Gasteiger partial charge in [-0.05, 0) is 49.2 Å². The summed E-state index contributed by atoms with van der Waals surface area (Å²) in [6, 6.07) is 12.1. The van der Waals surface area contributed by atoms with E-state index in [0.29, 0.717) is 11.6 Å². The van der Waals surface area contributed by atoms with Gasteiger partial charge in [-0.25, -0.2) is 4.79 Å². The van der Waals surface area contributed by atoms with Crippen molar-refractivity contribution in [2.45, 2.75) is 39.3 Å². The molecule has 1 aliphatic heterocycles. The number of methoxy groups -OCH3 is 2. The number of ether oxygens (including phenoxy) is 2. The predicted octanol–water partition coefficient (Wildman–Crippen LogP) is 3.35. The summed E-state index contributed by atoms with van der Waals surface area (Å²) in [6.07, 6.45) is 2.24. The Labute approximate surface area is 170 Å². The van der Waals surface area contributed by atoms with Crippen molar-refractivity contribution < 1.29 is 18.8 Å². The quantitative estimate of drug-likeness (QED) is 0.675. The van der Waals surface area contributed by atoms with Crippen LogP contribution < -0.4 is 20.0 Å². The molecule has 0 amide bonds. The third kappa shape index (κ3) is 3.75. The molecular formula is C24H28NO4+. The summed E-state index contributed by atoms with van der Waals surface area (Å²) in [5.41, 5.74) is 4.97. The average molecular weight is 394 g/mol. The summed E-state index contributed by atoms with van der Waals surface area (Å²) in [5.74, 6) is 1.65. The van der Waals surface area contributed by atoms with E-state index >= 15 is 0 Å². The number of nitrogens with one attached hydrogen (secondary N) is 1. The van der Waals surface area contributed by atoms with Crippen molar-refractivity contribution >= 4 is 11.0 Å². The third-order valence-corrected chi connectivity index (χ3v) is 6.16. The number of fused-ring (bicyclic) bond motifs is 1. The van der Waals surface area contributed by atoms with Gasteiger partial charge in [0.25, 0.3) is 0 Å². The molecule has 1 fully saturated rings. The maximum atomic E-state index is 12.2. The van der Waals surface area contributed by atoms with E-state index in [0.717, 1.165) is 53.9 Å². The van der Waals surface area contributed by atoms with Gasteiger partial charge >= 0.3 is 5.63 Å². The molecule has 4 rings (SSSR count). The first-order valence-electron chi connectivity index (χ1n) is 10.1. The second-order valence-electron chi connectivity index (χ2n) is 7.91. The first kappa shape index (κ1) is 19.5. The molecule has 5 nitrogen and oxygen atoms in total. The molecule has 1 aliphatic rings. The van der Waals surface area contributed by atoms with Crippen molar-refractivity contribution in [3.05, 3.63) is 69.1 Å². The lowest BCUT2D eigenvalue weighted by Crippen LogP contribution is -3.08. The molecule has 29 heavy (non-hydrogen) atoms. The van der Waals surface area contributed by atoms with Crippen LogP contribution in [0.1, 0.15) is 41.1 Å². The molecular weight excluding hydrogens is 366 g/mol. The Hall–Kier alpha value is -2.79. The summed E-state index contributed by atoms with van der Waals surface area (Å²) >= 11 is 0. The van der Waals surface area contributed by atoms with Gasteiger partial charge in [0.15, 0.2) is 0 Å². The van der Waals surface area contributed by atoms with E-state index in [9.17, 15) is 4.79 Å². The molecule has 0 saturated carbocycles. The van der Waals surface area contributed by atoms with Crippen LogP contribution in [0.5, 0.6) is 11.5 Å². The van der Waals surface area contributed by atoms with Crippen molar-refractivity contribution in [1.82, 2.24) is 0 Å². The fraction of sp³-hybridized carbons (Fsp3) is 0.375. The van der Waals surface area contributed by atoms with Crippen LogP contribution in [0, 0.1) is 13.8 Å². The number of hydrogen-bond acceptors (Lipinski definition) is 4. The van der Waals surface area contributed by atoms with E-state index in [1.807, 2.05) is 25.1 Å². The fourth-order valence-electron chi connectivity index (χ4n) is 4.48. The highest BCUT2D eigenvalue weighted by atomic mass is 16.5. The van der Waals surface area contributed by atoms with Crippen molar-refractivity contribution in [3.63, 3.8) is 0 Å². The van der Waals surface area contributed by atoms with Gasteiger partial charge in [-0.2, -0.15) is 0 Å². The topological polar surface area (TPSA) is 53.1 Å². The maximum absolute atomic E-state index is 12.2. The summed E-state index contributed by atoms with van der Waals surface area (Å²) in [7, 11) is 3.37. The van der Waals surface area contributed by atoms with Gasteiger partial charge in [0.05, 0.1) is 26.3 Å². The van der Waals surface area contributed by atoms with Crippen molar-refractivity contribution in [1.29, 1.82) is 0 Å². The third-order valence-electron chi connectivity index (χ3n) is 6.16. The number of hydrogen-bond donors (Lipinski definition) is 1. The van der Waals surface area contributed by atoms with E-state index in [4.69, 9.17) is 13.9 Å². The zero-order chi connectivity index (χ0) is 20.5. The molecule has 2 aromatic carbocycles. The van der Waals surface area contributed by atoms with Crippen LogP contribution in [0.3, 0.4) is 0 Å². The molecule has 1 unspecified atom stereocenters. The standard InChI is InChI=1S/C24H27NO4/c1-15-10-20-17(12-24(26)29-23(20)11-16(15)2)14-25-9-5-6-21(25)19-8-7-18(27-3)13-22(19)28-4/h7-8,10-13,21H,5-6,9,14H2,1-4H3/p+1/t21-/m0/s1. The molecule has 5 heteroatoms. The van der Waals surface area contributed by atoms with Crippen LogP contribution in [-0.4, -0.2) is 20.8 Å². The van der Waals surface area contributed by atoms with E-state index in [2.05, 4.69) is 19.1 Å². The fourth-order valence-corrected chi connectivity index (χ4v) is 4.48. The van der Waals surface area contributed by atoms with Gasteiger partial charge in [0, 0.05) is 35.9 Å². The predicted molar refractivity (Wildman–Crippen MR) is 113 cm³/mol. The molecule has 0 radical (unpaired) electrons. The van der Waals surface area contributed by atoms with Crippen LogP contribution in [-0.2, 0) is 6.54 Å². The number of aryl methyl sites for hydroxylation is 2. The van der Waals surface area contributed by atoms with Gasteiger partial charge in [0.1, 0.15) is 29.7 Å². The first-order chi connectivity index (χ1) is 14.0. The van der Waals surface area contributed by atoms with Crippen LogP contribution in [0.25, 0.3) is 11.0 Å². The zero-order valence-corrected chi connectivity index (χ0v) is 17.5. The van der Waals surface area contributed by atoms with Crippen molar-refractivity contribution in [3.8, 4) is 11.5 Å². The van der Waals surface area contributed by atoms with E-state index in [1.165, 1.54) is 16.0 Å². The smallest absolute Gasteiger partial charge is 0.336 e. The Bertz CT molecular complexity index is 1100. The summed E-state index contributed by atoms with van der Waals surface area (Å²) in [6.45, 7) is 5.98.